The molecule has 1 fully saturated rings. The third-order valence-corrected chi connectivity index (χ3v) is 5.81. The van der Waals surface area contributed by atoms with Crippen molar-refractivity contribution in [1.82, 2.24) is 19.7 Å². The molecule has 2 atom stereocenters. The fourth-order valence-electron chi connectivity index (χ4n) is 4.39. The Kier molecular flexibility index (Phi) is 4.76. The van der Waals surface area contributed by atoms with Gasteiger partial charge in [0.1, 0.15) is 0 Å². The van der Waals surface area contributed by atoms with Gasteiger partial charge in [-0.1, -0.05) is 49.6 Å². The molecule has 138 valence electrons. The largest absolute Gasteiger partial charge is 0.332 e. The van der Waals surface area contributed by atoms with Crippen molar-refractivity contribution in [3.8, 4) is 11.4 Å². The molecule has 2 aliphatic rings. The molecule has 0 unspecified atom stereocenters. The van der Waals surface area contributed by atoms with Crippen molar-refractivity contribution in [1.29, 1.82) is 0 Å². The second-order valence-corrected chi connectivity index (χ2v) is 7.67. The van der Waals surface area contributed by atoms with Crippen LogP contribution < -0.4 is 5.73 Å². The first-order valence-corrected chi connectivity index (χ1v) is 9.68. The molecular weight excluding hydrogens is 326 g/mol. The van der Waals surface area contributed by atoms with E-state index in [0.717, 1.165) is 30.1 Å². The Labute approximate surface area is 154 Å². The van der Waals surface area contributed by atoms with Crippen molar-refractivity contribution in [3.05, 3.63) is 36.2 Å². The lowest BCUT2D eigenvalue weighted by Crippen LogP contribution is -2.51. The molecule has 1 amide bonds. The molecule has 1 saturated carbocycles. The molecule has 0 spiro atoms. The van der Waals surface area contributed by atoms with Crippen LogP contribution in [0.15, 0.2) is 30.3 Å². The second kappa shape index (κ2) is 7.19. The van der Waals surface area contributed by atoms with Gasteiger partial charge in [-0.3, -0.25) is 4.79 Å². The number of aromatic nitrogens is 3. The molecule has 2 N–H and O–H groups in total. The number of carbonyl (C=O) groups excluding carboxylic acids is 1. The highest BCUT2D eigenvalue weighted by Crippen LogP contribution is 2.30. The maximum atomic E-state index is 13.0. The van der Waals surface area contributed by atoms with Gasteiger partial charge in [0.15, 0.2) is 11.6 Å². The van der Waals surface area contributed by atoms with Crippen LogP contribution in [0.3, 0.4) is 0 Å². The van der Waals surface area contributed by atoms with E-state index in [1.165, 1.54) is 19.3 Å². The summed E-state index contributed by atoms with van der Waals surface area (Å²) in [6.45, 7) is 3.26. The van der Waals surface area contributed by atoms with E-state index >= 15 is 0 Å². The van der Waals surface area contributed by atoms with Gasteiger partial charge in [-0.15, -0.1) is 10.2 Å². The number of hydrogen-bond acceptors (Lipinski definition) is 4. The lowest BCUT2D eigenvalue weighted by Gasteiger charge is -2.36. The van der Waals surface area contributed by atoms with Crippen LogP contribution in [0.1, 0.15) is 50.9 Å². The van der Waals surface area contributed by atoms with Crippen LogP contribution >= 0.6 is 0 Å². The fraction of sp³-hybridized carbons (Fsp3) is 0.550. The van der Waals surface area contributed by atoms with Gasteiger partial charge in [0, 0.05) is 12.1 Å². The van der Waals surface area contributed by atoms with Crippen molar-refractivity contribution >= 4 is 5.91 Å². The summed E-state index contributed by atoms with van der Waals surface area (Å²) in [7, 11) is 0. The summed E-state index contributed by atoms with van der Waals surface area (Å²) in [6.07, 6.45) is 5.80. The minimum atomic E-state index is -0.384. The Bertz CT molecular complexity index is 766. The zero-order valence-electron chi connectivity index (χ0n) is 15.3. The first-order valence-electron chi connectivity index (χ1n) is 9.68. The van der Waals surface area contributed by atoms with E-state index in [1.54, 1.807) is 0 Å². The fourth-order valence-corrected chi connectivity index (χ4v) is 4.39. The number of fused-ring (bicyclic) bond motifs is 1. The maximum absolute atomic E-state index is 13.0. The molecule has 0 bridgehead atoms. The molecule has 6 nitrogen and oxygen atoms in total. The van der Waals surface area contributed by atoms with E-state index in [2.05, 4.69) is 21.7 Å². The minimum absolute atomic E-state index is 0.0688. The Morgan fingerprint density at radius 2 is 1.88 bits per heavy atom. The summed E-state index contributed by atoms with van der Waals surface area (Å²) >= 11 is 0. The standard InChI is InChI=1S/C20H27N5O/c1-14-12-24(20(26)18(21)15-8-4-2-5-9-15)13-17-22-23-19(25(14)17)16-10-6-3-7-11-16/h3,6-7,10-11,14-15,18H,2,4-5,8-9,12-13,21H2,1H3/t14-,18-/m0/s1. The molecule has 2 aromatic rings. The number of nitrogens with two attached hydrogens (primary N) is 1. The van der Waals surface area contributed by atoms with E-state index in [9.17, 15) is 4.79 Å². The minimum Gasteiger partial charge on any atom is -0.332 e. The van der Waals surface area contributed by atoms with Crippen LogP contribution in [-0.4, -0.2) is 38.2 Å². The van der Waals surface area contributed by atoms with Crippen molar-refractivity contribution in [3.63, 3.8) is 0 Å². The predicted molar refractivity (Wildman–Crippen MR) is 100 cm³/mol. The van der Waals surface area contributed by atoms with Crippen LogP contribution in [-0.2, 0) is 11.3 Å². The van der Waals surface area contributed by atoms with E-state index < -0.39 is 0 Å². The molecule has 1 aliphatic carbocycles. The highest BCUT2D eigenvalue weighted by Gasteiger charge is 2.34. The van der Waals surface area contributed by atoms with E-state index in [1.807, 2.05) is 35.2 Å². The number of rotatable bonds is 3. The summed E-state index contributed by atoms with van der Waals surface area (Å²) in [5.74, 6) is 2.11. The molecule has 1 aliphatic heterocycles. The topological polar surface area (TPSA) is 77.0 Å². The Morgan fingerprint density at radius 1 is 1.15 bits per heavy atom. The smallest absolute Gasteiger partial charge is 0.240 e. The number of hydrogen-bond donors (Lipinski definition) is 1. The monoisotopic (exact) mass is 353 g/mol. The Morgan fingerprint density at radius 3 is 2.62 bits per heavy atom. The number of carbonyl (C=O) groups is 1. The van der Waals surface area contributed by atoms with Gasteiger partial charge in [0.25, 0.3) is 0 Å². The second-order valence-electron chi connectivity index (χ2n) is 7.67. The lowest BCUT2D eigenvalue weighted by atomic mass is 9.83. The van der Waals surface area contributed by atoms with Crippen LogP contribution in [0.2, 0.25) is 0 Å². The molecule has 0 radical (unpaired) electrons. The number of nitrogens with zero attached hydrogens (tertiary/aromatic N) is 4. The number of amides is 1. The van der Waals surface area contributed by atoms with E-state index in [0.29, 0.717) is 19.0 Å². The van der Waals surface area contributed by atoms with Crippen molar-refractivity contribution < 1.29 is 4.79 Å². The Balaban J connectivity index is 1.53. The summed E-state index contributed by atoms with van der Waals surface area (Å²) in [6, 6.07) is 9.83. The lowest BCUT2D eigenvalue weighted by molar-refractivity contribution is -0.136. The number of benzene rings is 1. The van der Waals surface area contributed by atoms with E-state index in [-0.39, 0.29) is 18.0 Å². The first-order chi connectivity index (χ1) is 12.6. The van der Waals surface area contributed by atoms with Crippen molar-refractivity contribution in [2.24, 2.45) is 11.7 Å². The van der Waals surface area contributed by atoms with Crippen LogP contribution in [0.4, 0.5) is 0 Å². The molecule has 1 aromatic heterocycles. The van der Waals surface area contributed by atoms with Gasteiger partial charge in [-0.25, -0.2) is 0 Å². The zero-order chi connectivity index (χ0) is 18.1. The third-order valence-electron chi connectivity index (χ3n) is 5.81. The predicted octanol–water partition coefficient (Wildman–Crippen LogP) is 2.76. The molecule has 6 heteroatoms. The van der Waals surface area contributed by atoms with Crippen LogP contribution in [0.5, 0.6) is 0 Å². The third kappa shape index (κ3) is 3.14. The van der Waals surface area contributed by atoms with Gasteiger partial charge < -0.3 is 15.2 Å². The Hall–Kier alpha value is -2.21. The molecule has 4 rings (SSSR count). The van der Waals surface area contributed by atoms with E-state index in [4.69, 9.17) is 5.73 Å². The average molecular weight is 353 g/mol. The molecular formula is C20H27N5O. The maximum Gasteiger partial charge on any atom is 0.240 e. The SMILES string of the molecule is C[C@H]1CN(C(=O)[C@@H](N)C2CCCCC2)Cc2nnc(-c3ccccc3)n21. The zero-order valence-corrected chi connectivity index (χ0v) is 15.3. The molecule has 1 aromatic carbocycles. The first kappa shape index (κ1) is 17.2. The van der Waals surface area contributed by atoms with Gasteiger partial charge in [0.2, 0.25) is 5.91 Å². The van der Waals surface area contributed by atoms with Gasteiger partial charge in [-0.05, 0) is 25.7 Å². The summed E-state index contributed by atoms with van der Waals surface area (Å²) < 4.78 is 2.16. The van der Waals surface area contributed by atoms with Crippen LogP contribution in [0.25, 0.3) is 11.4 Å². The van der Waals surface area contributed by atoms with Gasteiger partial charge >= 0.3 is 0 Å². The summed E-state index contributed by atoms with van der Waals surface area (Å²) in [5, 5.41) is 8.76. The molecule has 0 saturated heterocycles. The summed E-state index contributed by atoms with van der Waals surface area (Å²) in [4.78, 5) is 14.9. The van der Waals surface area contributed by atoms with Gasteiger partial charge in [0.05, 0.1) is 18.6 Å². The molecule has 26 heavy (non-hydrogen) atoms. The quantitative estimate of drug-likeness (QED) is 0.920. The highest BCUT2D eigenvalue weighted by atomic mass is 16.2. The normalized spacial score (nSPS) is 22.1. The van der Waals surface area contributed by atoms with Crippen LogP contribution in [0, 0.1) is 5.92 Å². The molecule has 2 heterocycles. The average Bonchev–Trinajstić information content (AvgIpc) is 3.13. The summed E-state index contributed by atoms with van der Waals surface area (Å²) in [5.41, 5.74) is 7.40. The van der Waals surface area contributed by atoms with Crippen molar-refractivity contribution in [2.75, 3.05) is 6.54 Å². The van der Waals surface area contributed by atoms with Gasteiger partial charge in [-0.2, -0.15) is 0 Å². The van der Waals surface area contributed by atoms with Crippen molar-refractivity contribution in [2.45, 2.75) is 57.7 Å². The highest BCUT2D eigenvalue weighted by molar-refractivity contribution is 5.82.